The summed E-state index contributed by atoms with van der Waals surface area (Å²) in [4.78, 5) is 20.0. The molecule has 0 aliphatic heterocycles. The zero-order valence-electron chi connectivity index (χ0n) is 18.6. The number of pyridine rings is 1. The smallest absolute Gasteiger partial charge is 0.253 e. The Morgan fingerprint density at radius 3 is 2.65 bits per heavy atom. The molecule has 0 aliphatic rings. The molecule has 1 heterocycles. The molecule has 0 spiro atoms. The third-order valence-electron chi connectivity index (χ3n) is 5.20. The van der Waals surface area contributed by atoms with Crippen LogP contribution in [0, 0.1) is 6.92 Å². The molecule has 3 aromatic rings. The standard InChI is InChI=1S/C24H30N4O2S/c1-17-9-7-10-18-15-19(23(29)26-22(17)18)16-28(14-8-13-27(2)3)24(31)25-20-11-5-6-12-21(20)30-4/h5-7,9-12,15H,8,13-14,16H2,1-4H3,(H,25,31)(H,26,29). The van der Waals surface area contributed by atoms with E-state index in [0.717, 1.165) is 47.4 Å². The van der Waals surface area contributed by atoms with Crippen molar-refractivity contribution in [3.05, 3.63) is 70.0 Å². The third-order valence-corrected chi connectivity index (χ3v) is 5.56. The first kappa shape index (κ1) is 22.8. The Morgan fingerprint density at radius 2 is 1.90 bits per heavy atom. The highest BCUT2D eigenvalue weighted by Crippen LogP contribution is 2.24. The van der Waals surface area contributed by atoms with Crippen molar-refractivity contribution in [2.75, 3.05) is 39.6 Å². The van der Waals surface area contributed by atoms with E-state index in [1.165, 1.54) is 0 Å². The number of aromatic nitrogens is 1. The van der Waals surface area contributed by atoms with Gasteiger partial charge in [0.25, 0.3) is 5.56 Å². The number of hydrogen-bond acceptors (Lipinski definition) is 4. The molecule has 0 atom stereocenters. The fourth-order valence-corrected chi connectivity index (χ4v) is 3.79. The molecular formula is C24H30N4O2S. The van der Waals surface area contributed by atoms with Crippen molar-refractivity contribution in [2.24, 2.45) is 0 Å². The van der Waals surface area contributed by atoms with E-state index in [1.54, 1.807) is 7.11 Å². The van der Waals surface area contributed by atoms with Crippen molar-refractivity contribution in [1.82, 2.24) is 14.8 Å². The Hall–Kier alpha value is -2.90. The van der Waals surface area contributed by atoms with Crippen LogP contribution in [-0.2, 0) is 6.54 Å². The van der Waals surface area contributed by atoms with E-state index in [-0.39, 0.29) is 5.56 Å². The minimum absolute atomic E-state index is 0.0838. The lowest BCUT2D eigenvalue weighted by molar-refractivity contribution is 0.345. The quantitative estimate of drug-likeness (QED) is 0.519. The summed E-state index contributed by atoms with van der Waals surface area (Å²) in [7, 11) is 5.73. The van der Waals surface area contributed by atoms with Gasteiger partial charge in [-0.15, -0.1) is 0 Å². The minimum atomic E-state index is -0.0838. The number of H-pyrrole nitrogens is 1. The maximum absolute atomic E-state index is 12.8. The Labute approximate surface area is 188 Å². The first-order valence-corrected chi connectivity index (χ1v) is 10.7. The van der Waals surface area contributed by atoms with Crippen LogP contribution in [0.2, 0.25) is 0 Å². The van der Waals surface area contributed by atoms with Crippen LogP contribution in [0.3, 0.4) is 0 Å². The van der Waals surface area contributed by atoms with Gasteiger partial charge in [0.05, 0.1) is 24.9 Å². The molecular weight excluding hydrogens is 408 g/mol. The molecule has 0 aliphatic carbocycles. The van der Waals surface area contributed by atoms with Crippen molar-refractivity contribution < 1.29 is 4.74 Å². The van der Waals surface area contributed by atoms with Gasteiger partial charge in [-0.3, -0.25) is 4.79 Å². The van der Waals surface area contributed by atoms with Crippen molar-refractivity contribution in [1.29, 1.82) is 0 Å². The topological polar surface area (TPSA) is 60.6 Å². The number of anilines is 1. The first-order chi connectivity index (χ1) is 14.9. The summed E-state index contributed by atoms with van der Waals surface area (Å²) in [5, 5.41) is 4.87. The van der Waals surface area contributed by atoms with Crippen LogP contribution in [0.25, 0.3) is 10.9 Å². The fourth-order valence-electron chi connectivity index (χ4n) is 3.52. The fraction of sp³-hybridized carbons (Fsp3) is 0.333. The number of aromatic amines is 1. The molecule has 6 nitrogen and oxygen atoms in total. The van der Waals surface area contributed by atoms with Crippen LogP contribution in [0.15, 0.2) is 53.3 Å². The van der Waals surface area contributed by atoms with Gasteiger partial charge in [0.1, 0.15) is 5.75 Å². The Bertz CT molecular complexity index is 1110. The minimum Gasteiger partial charge on any atom is -0.495 e. The van der Waals surface area contributed by atoms with Gasteiger partial charge in [-0.1, -0.05) is 30.3 Å². The largest absolute Gasteiger partial charge is 0.495 e. The molecule has 0 radical (unpaired) electrons. The second-order valence-corrected chi connectivity index (χ2v) is 8.26. The number of methoxy groups -OCH3 is 1. The third kappa shape index (κ3) is 5.83. The number of benzene rings is 2. The highest BCUT2D eigenvalue weighted by atomic mass is 32.1. The van der Waals surface area contributed by atoms with Crippen LogP contribution in [0.1, 0.15) is 17.5 Å². The molecule has 7 heteroatoms. The van der Waals surface area contributed by atoms with Crippen LogP contribution in [0.5, 0.6) is 5.75 Å². The maximum Gasteiger partial charge on any atom is 0.253 e. The Kier molecular flexibility index (Phi) is 7.65. The van der Waals surface area contributed by atoms with Crippen LogP contribution < -0.4 is 15.6 Å². The number of para-hydroxylation sites is 3. The van der Waals surface area contributed by atoms with E-state index in [2.05, 4.69) is 15.2 Å². The Morgan fingerprint density at radius 1 is 1.13 bits per heavy atom. The van der Waals surface area contributed by atoms with E-state index in [9.17, 15) is 4.79 Å². The molecule has 0 unspecified atom stereocenters. The summed E-state index contributed by atoms with van der Waals surface area (Å²) < 4.78 is 5.43. The number of rotatable bonds is 8. The molecule has 0 amide bonds. The molecule has 31 heavy (non-hydrogen) atoms. The number of aryl methyl sites for hydroxylation is 1. The number of nitrogens with zero attached hydrogens (tertiary/aromatic N) is 2. The predicted molar refractivity (Wildman–Crippen MR) is 132 cm³/mol. The number of thiocarbonyl (C=S) groups is 1. The zero-order valence-corrected chi connectivity index (χ0v) is 19.4. The number of hydrogen-bond donors (Lipinski definition) is 2. The van der Waals surface area contributed by atoms with Crippen molar-refractivity contribution in [2.45, 2.75) is 19.9 Å². The lowest BCUT2D eigenvalue weighted by Crippen LogP contribution is -2.37. The van der Waals surface area contributed by atoms with Gasteiger partial charge in [0.2, 0.25) is 0 Å². The molecule has 0 saturated heterocycles. The summed E-state index contributed by atoms with van der Waals surface area (Å²) >= 11 is 5.74. The summed E-state index contributed by atoms with van der Waals surface area (Å²) in [6, 6.07) is 15.6. The van der Waals surface area contributed by atoms with Crippen molar-refractivity contribution in [3.63, 3.8) is 0 Å². The van der Waals surface area contributed by atoms with Gasteiger partial charge in [0.15, 0.2) is 5.11 Å². The summed E-state index contributed by atoms with van der Waals surface area (Å²) in [6.45, 7) is 4.08. The van der Waals surface area contributed by atoms with E-state index in [4.69, 9.17) is 17.0 Å². The van der Waals surface area contributed by atoms with Gasteiger partial charge in [-0.05, 0) is 75.4 Å². The van der Waals surface area contributed by atoms with E-state index in [0.29, 0.717) is 17.2 Å². The summed E-state index contributed by atoms with van der Waals surface area (Å²) in [5.41, 5.74) is 3.34. The second-order valence-electron chi connectivity index (χ2n) is 7.87. The molecule has 3 rings (SSSR count). The highest BCUT2D eigenvalue weighted by molar-refractivity contribution is 7.80. The summed E-state index contributed by atoms with van der Waals surface area (Å²) in [5.74, 6) is 0.720. The van der Waals surface area contributed by atoms with Gasteiger partial charge >= 0.3 is 0 Å². The number of nitrogens with one attached hydrogen (secondary N) is 2. The number of ether oxygens (including phenoxy) is 1. The zero-order chi connectivity index (χ0) is 22.4. The van der Waals surface area contributed by atoms with Crippen molar-refractivity contribution in [3.8, 4) is 5.75 Å². The molecule has 2 N–H and O–H groups in total. The van der Waals surface area contributed by atoms with Gasteiger partial charge in [0, 0.05) is 12.1 Å². The van der Waals surface area contributed by atoms with Gasteiger partial charge < -0.3 is 24.8 Å². The lowest BCUT2D eigenvalue weighted by atomic mass is 10.1. The molecule has 164 valence electrons. The van der Waals surface area contributed by atoms with Crippen LogP contribution in [0.4, 0.5) is 5.69 Å². The molecule has 1 aromatic heterocycles. The molecule has 0 saturated carbocycles. The van der Waals surface area contributed by atoms with E-state index < -0.39 is 0 Å². The molecule has 2 aromatic carbocycles. The monoisotopic (exact) mass is 438 g/mol. The molecule has 0 fully saturated rings. The lowest BCUT2D eigenvalue weighted by Gasteiger charge is -2.27. The van der Waals surface area contributed by atoms with Crippen LogP contribution >= 0.6 is 12.2 Å². The van der Waals surface area contributed by atoms with Crippen LogP contribution in [-0.4, -0.2) is 54.2 Å². The number of fused-ring (bicyclic) bond motifs is 1. The molecule has 0 bridgehead atoms. The van der Waals surface area contributed by atoms with Gasteiger partial charge in [-0.25, -0.2) is 0 Å². The van der Waals surface area contributed by atoms with E-state index >= 15 is 0 Å². The van der Waals surface area contributed by atoms with Crippen molar-refractivity contribution >= 4 is 33.9 Å². The maximum atomic E-state index is 12.8. The highest BCUT2D eigenvalue weighted by Gasteiger charge is 2.15. The average molecular weight is 439 g/mol. The average Bonchev–Trinajstić information content (AvgIpc) is 2.74. The second kappa shape index (κ2) is 10.4. The summed E-state index contributed by atoms with van der Waals surface area (Å²) in [6.07, 6.45) is 0.922. The van der Waals surface area contributed by atoms with E-state index in [1.807, 2.05) is 74.4 Å². The van der Waals surface area contributed by atoms with Gasteiger partial charge in [-0.2, -0.15) is 0 Å². The SMILES string of the molecule is COc1ccccc1NC(=S)N(CCCN(C)C)Cc1cc2cccc(C)c2[nH]c1=O. The normalized spacial score (nSPS) is 11.0. The first-order valence-electron chi connectivity index (χ1n) is 10.3. The Balaban J connectivity index is 1.86. The predicted octanol–water partition coefficient (Wildman–Crippen LogP) is 4.00.